The molecule has 1 atom stereocenters. The first-order valence-electron chi connectivity index (χ1n) is 9.07. The molecular weight excluding hydrogens is 356 g/mol. The van der Waals surface area contributed by atoms with Crippen molar-refractivity contribution in [2.24, 2.45) is 0 Å². The summed E-state index contributed by atoms with van der Waals surface area (Å²) in [6.07, 6.45) is 1.94. The van der Waals surface area contributed by atoms with E-state index in [0.29, 0.717) is 5.69 Å². The fourth-order valence-electron chi connectivity index (χ4n) is 3.64. The number of para-hydroxylation sites is 1. The van der Waals surface area contributed by atoms with Gasteiger partial charge in [0.25, 0.3) is 5.91 Å². The fourth-order valence-corrected chi connectivity index (χ4v) is 4.76. The van der Waals surface area contributed by atoms with Crippen LogP contribution in [0.25, 0.3) is 21.5 Å². The van der Waals surface area contributed by atoms with Crippen LogP contribution in [0.4, 0.5) is 0 Å². The topological polar surface area (TPSA) is 61.9 Å². The largest absolute Gasteiger partial charge is 0.328 e. The molecule has 0 spiro atoms. The molecule has 0 aliphatic carbocycles. The third-order valence-corrected chi connectivity index (χ3v) is 6.12. The summed E-state index contributed by atoms with van der Waals surface area (Å²) < 4.78 is 1.17. The molecule has 4 aromatic rings. The quantitative estimate of drug-likeness (QED) is 0.567. The van der Waals surface area contributed by atoms with Crippen LogP contribution in [0.5, 0.6) is 0 Å². The number of carbonyl (C=O) groups is 1. The number of H-pyrrole nitrogens is 1. The van der Waals surface area contributed by atoms with E-state index < -0.39 is 0 Å². The van der Waals surface area contributed by atoms with E-state index in [1.807, 2.05) is 59.5 Å². The maximum atomic E-state index is 13.1. The minimum Gasteiger partial charge on any atom is -0.328 e. The molecule has 27 heavy (non-hydrogen) atoms. The van der Waals surface area contributed by atoms with E-state index in [4.69, 9.17) is 4.98 Å². The average Bonchev–Trinajstić information content (AvgIpc) is 3.46. The van der Waals surface area contributed by atoms with Gasteiger partial charge in [-0.15, -0.1) is 11.3 Å². The molecule has 0 saturated carbocycles. The summed E-state index contributed by atoms with van der Waals surface area (Å²) in [6, 6.07) is 19.9. The molecule has 2 aromatic heterocycles. The minimum absolute atomic E-state index is 0.00793. The highest BCUT2D eigenvalue weighted by atomic mass is 32.1. The highest BCUT2D eigenvalue weighted by Gasteiger charge is 2.33. The van der Waals surface area contributed by atoms with Crippen LogP contribution in [0, 0.1) is 0 Å². The van der Waals surface area contributed by atoms with Crippen LogP contribution in [0.1, 0.15) is 34.4 Å². The first-order valence-corrected chi connectivity index (χ1v) is 9.88. The highest BCUT2D eigenvalue weighted by molar-refractivity contribution is 7.18. The van der Waals surface area contributed by atoms with E-state index in [-0.39, 0.29) is 11.9 Å². The van der Waals surface area contributed by atoms with Crippen molar-refractivity contribution < 1.29 is 4.79 Å². The third-order valence-electron chi connectivity index (χ3n) is 4.99. The second-order valence-electron chi connectivity index (χ2n) is 6.71. The van der Waals surface area contributed by atoms with Gasteiger partial charge in [-0.05, 0) is 31.0 Å². The van der Waals surface area contributed by atoms with Crippen molar-refractivity contribution in [3.8, 4) is 11.3 Å². The summed E-state index contributed by atoms with van der Waals surface area (Å²) in [4.78, 5) is 19.8. The van der Waals surface area contributed by atoms with Gasteiger partial charge in [-0.25, -0.2) is 4.98 Å². The van der Waals surface area contributed by atoms with Gasteiger partial charge >= 0.3 is 0 Å². The Labute approximate surface area is 160 Å². The summed E-state index contributed by atoms with van der Waals surface area (Å²) in [5, 5.41) is 8.27. The molecular formula is C21H18N4OS. The van der Waals surface area contributed by atoms with Crippen molar-refractivity contribution in [3.63, 3.8) is 0 Å². The monoisotopic (exact) mass is 374 g/mol. The summed E-state index contributed by atoms with van der Waals surface area (Å²) in [6.45, 7) is 0.749. The number of hydrogen-bond donors (Lipinski definition) is 1. The summed E-state index contributed by atoms with van der Waals surface area (Å²) in [5.41, 5.74) is 3.32. The molecule has 1 fully saturated rings. The molecule has 0 bridgehead atoms. The van der Waals surface area contributed by atoms with Gasteiger partial charge in [0.15, 0.2) is 0 Å². The number of hydrogen-bond acceptors (Lipinski definition) is 4. The van der Waals surface area contributed by atoms with E-state index in [1.54, 1.807) is 11.3 Å². The van der Waals surface area contributed by atoms with E-state index in [9.17, 15) is 4.79 Å². The number of likely N-dealkylation sites (tertiary alicyclic amines) is 1. The lowest BCUT2D eigenvalue weighted by atomic mass is 10.1. The van der Waals surface area contributed by atoms with Crippen molar-refractivity contribution >= 4 is 27.5 Å². The molecule has 0 unspecified atom stereocenters. The van der Waals surface area contributed by atoms with Gasteiger partial charge in [0.05, 0.1) is 22.0 Å². The van der Waals surface area contributed by atoms with Crippen LogP contribution < -0.4 is 0 Å². The Kier molecular flexibility index (Phi) is 3.98. The number of aromatic nitrogens is 3. The van der Waals surface area contributed by atoms with Gasteiger partial charge in [-0.1, -0.05) is 42.5 Å². The number of amides is 1. The van der Waals surface area contributed by atoms with E-state index >= 15 is 0 Å². The first-order chi connectivity index (χ1) is 13.3. The molecule has 5 nitrogen and oxygen atoms in total. The Morgan fingerprint density at radius 2 is 1.93 bits per heavy atom. The number of thiazole rings is 1. The molecule has 5 rings (SSSR count). The number of aromatic amines is 1. The van der Waals surface area contributed by atoms with Crippen LogP contribution in [0.2, 0.25) is 0 Å². The predicted molar refractivity (Wildman–Crippen MR) is 107 cm³/mol. The Morgan fingerprint density at radius 3 is 2.78 bits per heavy atom. The van der Waals surface area contributed by atoms with Crippen molar-refractivity contribution in [1.29, 1.82) is 0 Å². The van der Waals surface area contributed by atoms with E-state index in [2.05, 4.69) is 16.3 Å². The van der Waals surface area contributed by atoms with E-state index in [1.165, 1.54) is 4.70 Å². The molecule has 1 aliphatic rings. The number of fused-ring (bicyclic) bond motifs is 1. The van der Waals surface area contributed by atoms with Gasteiger partial charge in [-0.3, -0.25) is 9.89 Å². The molecule has 1 N–H and O–H groups in total. The molecule has 1 saturated heterocycles. The lowest BCUT2D eigenvalue weighted by molar-refractivity contribution is 0.0729. The van der Waals surface area contributed by atoms with Gasteiger partial charge in [0.1, 0.15) is 10.7 Å². The zero-order chi connectivity index (χ0) is 18.2. The summed E-state index contributed by atoms with van der Waals surface area (Å²) >= 11 is 1.68. The van der Waals surface area contributed by atoms with Crippen LogP contribution in [0.15, 0.2) is 60.7 Å². The van der Waals surface area contributed by atoms with Crippen molar-refractivity contribution in [3.05, 3.63) is 71.4 Å². The zero-order valence-electron chi connectivity index (χ0n) is 14.6. The summed E-state index contributed by atoms with van der Waals surface area (Å²) in [5.74, 6) is -0.00793. The molecule has 6 heteroatoms. The number of nitrogens with one attached hydrogen (secondary N) is 1. The highest BCUT2D eigenvalue weighted by Crippen LogP contribution is 2.37. The standard InChI is InChI=1S/C21H18N4OS/c26-21(17-13-16(23-24-17)14-7-2-1-3-8-14)25-12-6-10-18(25)20-22-15-9-4-5-11-19(15)27-20/h1-5,7-9,11,13,18H,6,10,12H2,(H,23,24)/t18-/m0/s1. The van der Waals surface area contributed by atoms with Gasteiger partial charge in [0, 0.05) is 12.1 Å². The maximum absolute atomic E-state index is 13.1. The number of carbonyl (C=O) groups excluding carboxylic acids is 1. The van der Waals surface area contributed by atoms with Crippen molar-refractivity contribution in [2.75, 3.05) is 6.54 Å². The Bertz CT molecular complexity index is 1070. The van der Waals surface area contributed by atoms with Crippen LogP contribution >= 0.6 is 11.3 Å². The van der Waals surface area contributed by atoms with Crippen LogP contribution in [-0.2, 0) is 0 Å². The molecule has 134 valence electrons. The molecule has 2 aromatic carbocycles. The average molecular weight is 374 g/mol. The number of rotatable bonds is 3. The number of benzene rings is 2. The van der Waals surface area contributed by atoms with Crippen LogP contribution in [-0.4, -0.2) is 32.5 Å². The molecule has 1 amide bonds. The van der Waals surface area contributed by atoms with Gasteiger partial charge in [-0.2, -0.15) is 5.10 Å². The molecule has 0 radical (unpaired) electrons. The Hall–Kier alpha value is -2.99. The predicted octanol–water partition coefficient (Wildman–Crippen LogP) is 4.66. The lowest BCUT2D eigenvalue weighted by Crippen LogP contribution is -2.30. The second-order valence-corrected chi connectivity index (χ2v) is 7.77. The zero-order valence-corrected chi connectivity index (χ0v) is 15.4. The van der Waals surface area contributed by atoms with Crippen molar-refractivity contribution in [1.82, 2.24) is 20.1 Å². The fraction of sp³-hybridized carbons (Fsp3) is 0.190. The smallest absolute Gasteiger partial charge is 0.272 e. The van der Waals surface area contributed by atoms with Crippen molar-refractivity contribution in [2.45, 2.75) is 18.9 Å². The second kappa shape index (κ2) is 6.63. The normalized spacial score (nSPS) is 16.9. The maximum Gasteiger partial charge on any atom is 0.272 e. The van der Waals surface area contributed by atoms with Gasteiger partial charge in [0.2, 0.25) is 0 Å². The first kappa shape index (κ1) is 16.2. The summed E-state index contributed by atoms with van der Waals surface area (Å²) in [7, 11) is 0. The molecule has 1 aliphatic heterocycles. The molecule has 3 heterocycles. The van der Waals surface area contributed by atoms with Gasteiger partial charge < -0.3 is 4.90 Å². The minimum atomic E-state index is -0.00793. The van der Waals surface area contributed by atoms with E-state index in [0.717, 1.165) is 41.2 Å². The Balaban J connectivity index is 1.43. The Morgan fingerprint density at radius 1 is 1.11 bits per heavy atom. The lowest BCUT2D eigenvalue weighted by Gasteiger charge is -2.22. The van der Waals surface area contributed by atoms with Crippen LogP contribution in [0.3, 0.4) is 0 Å². The SMILES string of the molecule is O=C(c1cc(-c2ccccc2)n[nH]1)N1CCC[C@H]1c1nc2ccccc2s1. The number of nitrogens with zero attached hydrogens (tertiary/aromatic N) is 3. The third kappa shape index (κ3) is 2.92.